The lowest BCUT2D eigenvalue weighted by molar-refractivity contribution is -0.0933. The topological polar surface area (TPSA) is 20.2 Å². The molecular weight excluding hydrogens is 184 g/mol. The van der Waals surface area contributed by atoms with E-state index in [0.29, 0.717) is 10.8 Å². The molecule has 2 fully saturated rings. The fourth-order valence-corrected chi connectivity index (χ4v) is 4.27. The summed E-state index contributed by atoms with van der Waals surface area (Å²) >= 11 is 0. The lowest BCUT2D eigenvalue weighted by Gasteiger charge is -2.49. The zero-order chi connectivity index (χ0) is 11.3. The van der Waals surface area contributed by atoms with E-state index < -0.39 is 0 Å². The highest BCUT2D eigenvalue weighted by molar-refractivity contribution is 4.99. The van der Waals surface area contributed by atoms with Crippen molar-refractivity contribution in [3.05, 3.63) is 0 Å². The van der Waals surface area contributed by atoms with Gasteiger partial charge in [0.15, 0.2) is 0 Å². The van der Waals surface area contributed by atoms with Gasteiger partial charge in [0.2, 0.25) is 0 Å². The first-order valence-electron chi connectivity index (χ1n) is 6.42. The monoisotopic (exact) mass is 210 g/mol. The summed E-state index contributed by atoms with van der Waals surface area (Å²) in [5.41, 5.74) is 0.253. The Balaban J connectivity index is 2.10. The second-order valence-electron chi connectivity index (χ2n) is 7.73. The average molecular weight is 210 g/mol. The van der Waals surface area contributed by atoms with Gasteiger partial charge in [0.25, 0.3) is 0 Å². The maximum atomic E-state index is 10.8. The lowest BCUT2D eigenvalue weighted by Crippen LogP contribution is -2.46. The predicted molar refractivity (Wildman–Crippen MR) is 63.7 cm³/mol. The highest BCUT2D eigenvalue weighted by Crippen LogP contribution is 2.53. The largest absolute Gasteiger partial charge is 0.390 e. The summed E-state index contributed by atoms with van der Waals surface area (Å²) in [5, 5.41) is 10.8. The molecule has 0 aromatic rings. The molecule has 0 aliphatic heterocycles. The summed E-state index contributed by atoms with van der Waals surface area (Å²) in [4.78, 5) is 0. The van der Waals surface area contributed by atoms with Crippen LogP contribution in [0.4, 0.5) is 0 Å². The van der Waals surface area contributed by atoms with Crippen LogP contribution in [-0.2, 0) is 0 Å². The Morgan fingerprint density at radius 3 is 1.80 bits per heavy atom. The molecule has 0 bridgehead atoms. The molecule has 88 valence electrons. The number of hydrogen-bond donors (Lipinski definition) is 1. The molecule has 0 aromatic carbocycles. The fourth-order valence-electron chi connectivity index (χ4n) is 4.27. The quantitative estimate of drug-likeness (QED) is 0.736. The second-order valence-corrected chi connectivity index (χ2v) is 7.73. The molecule has 0 heterocycles. The van der Waals surface area contributed by atoms with E-state index in [1.807, 2.05) is 0 Å². The van der Waals surface area contributed by atoms with Crippen LogP contribution >= 0.6 is 0 Å². The molecule has 2 rings (SSSR count). The van der Waals surface area contributed by atoms with E-state index in [9.17, 15) is 5.11 Å². The molecule has 0 radical (unpaired) electrons. The summed E-state index contributed by atoms with van der Waals surface area (Å²) in [6.45, 7) is 9.25. The maximum absolute atomic E-state index is 10.8. The Morgan fingerprint density at radius 1 is 0.933 bits per heavy atom. The number of hydrogen-bond acceptors (Lipinski definition) is 1. The van der Waals surface area contributed by atoms with E-state index in [0.717, 1.165) is 25.2 Å². The number of rotatable bonds is 2. The van der Waals surface area contributed by atoms with Crippen LogP contribution in [0.15, 0.2) is 0 Å². The Kier molecular flexibility index (Phi) is 2.46. The molecule has 1 nitrogen and oxygen atoms in total. The van der Waals surface area contributed by atoms with Crippen LogP contribution in [0, 0.1) is 16.7 Å². The first-order chi connectivity index (χ1) is 6.70. The minimum absolute atomic E-state index is 0.311. The van der Waals surface area contributed by atoms with Crippen molar-refractivity contribution in [1.82, 2.24) is 0 Å². The lowest BCUT2D eigenvalue weighted by atomic mass is 9.58. The Hall–Kier alpha value is -0.0400. The van der Waals surface area contributed by atoms with Gasteiger partial charge in [0.05, 0.1) is 5.60 Å². The molecule has 15 heavy (non-hydrogen) atoms. The smallest absolute Gasteiger partial charge is 0.0660 e. The van der Waals surface area contributed by atoms with Crippen molar-refractivity contribution in [3.63, 3.8) is 0 Å². The van der Waals surface area contributed by atoms with Crippen molar-refractivity contribution >= 4 is 0 Å². The van der Waals surface area contributed by atoms with Crippen LogP contribution in [0.25, 0.3) is 0 Å². The fraction of sp³-hybridized carbons (Fsp3) is 1.00. The molecule has 1 N–H and O–H groups in total. The van der Waals surface area contributed by atoms with Crippen molar-refractivity contribution in [2.24, 2.45) is 16.7 Å². The van der Waals surface area contributed by atoms with Gasteiger partial charge in [0.1, 0.15) is 0 Å². The van der Waals surface area contributed by atoms with E-state index >= 15 is 0 Å². The van der Waals surface area contributed by atoms with Crippen molar-refractivity contribution in [1.29, 1.82) is 0 Å². The molecule has 0 spiro atoms. The van der Waals surface area contributed by atoms with Crippen molar-refractivity contribution in [3.8, 4) is 0 Å². The van der Waals surface area contributed by atoms with Crippen LogP contribution in [0.1, 0.15) is 66.2 Å². The maximum Gasteiger partial charge on any atom is 0.0660 e. The van der Waals surface area contributed by atoms with Gasteiger partial charge in [-0.15, -0.1) is 0 Å². The van der Waals surface area contributed by atoms with E-state index in [1.54, 1.807) is 0 Å². The van der Waals surface area contributed by atoms with E-state index in [4.69, 9.17) is 0 Å². The molecule has 0 atom stereocenters. The van der Waals surface area contributed by atoms with Gasteiger partial charge in [-0.25, -0.2) is 0 Å². The first-order valence-corrected chi connectivity index (χ1v) is 6.42. The molecule has 1 heteroatoms. The summed E-state index contributed by atoms with van der Waals surface area (Å²) in [6.07, 6.45) is 7.00. The van der Waals surface area contributed by atoms with Crippen LogP contribution in [0.5, 0.6) is 0 Å². The van der Waals surface area contributed by atoms with Gasteiger partial charge in [0, 0.05) is 0 Å². The normalized spacial score (nSPS) is 32.6. The van der Waals surface area contributed by atoms with Crippen LogP contribution < -0.4 is 0 Å². The third-order valence-corrected chi connectivity index (χ3v) is 3.94. The zero-order valence-electron chi connectivity index (χ0n) is 10.8. The predicted octanol–water partition coefficient (Wildman–Crippen LogP) is 3.75. The van der Waals surface area contributed by atoms with Gasteiger partial charge in [-0.05, 0) is 42.4 Å². The molecule has 0 amide bonds. The Bertz CT molecular complexity index is 232. The molecule has 2 aliphatic rings. The van der Waals surface area contributed by atoms with Crippen LogP contribution in [-0.4, -0.2) is 10.7 Å². The molecule has 0 aromatic heterocycles. The molecular formula is C14H26O. The summed E-state index contributed by atoms with van der Waals surface area (Å²) in [7, 11) is 0. The second kappa shape index (κ2) is 3.23. The van der Waals surface area contributed by atoms with E-state index in [1.165, 1.54) is 19.3 Å². The van der Waals surface area contributed by atoms with Crippen molar-refractivity contribution in [2.75, 3.05) is 0 Å². The van der Waals surface area contributed by atoms with Crippen molar-refractivity contribution < 1.29 is 5.11 Å². The molecule has 2 aliphatic carbocycles. The van der Waals surface area contributed by atoms with E-state index in [-0.39, 0.29) is 5.60 Å². The highest BCUT2D eigenvalue weighted by atomic mass is 16.3. The Labute approximate surface area is 94.3 Å². The SMILES string of the molecule is CC1(C)CC(C)(C)CC(O)(CC2CC2)C1. The minimum Gasteiger partial charge on any atom is -0.390 e. The van der Waals surface area contributed by atoms with Crippen LogP contribution in [0.2, 0.25) is 0 Å². The van der Waals surface area contributed by atoms with Crippen molar-refractivity contribution in [2.45, 2.75) is 71.8 Å². The number of aliphatic hydroxyl groups is 1. The first kappa shape index (κ1) is 11.4. The van der Waals surface area contributed by atoms with E-state index in [2.05, 4.69) is 27.7 Å². The highest BCUT2D eigenvalue weighted by Gasteiger charge is 2.48. The zero-order valence-corrected chi connectivity index (χ0v) is 10.8. The molecule has 2 saturated carbocycles. The van der Waals surface area contributed by atoms with Gasteiger partial charge < -0.3 is 5.11 Å². The standard InChI is InChI=1S/C14H26O/c1-12(2)8-13(3,4)10-14(15,9-12)7-11-5-6-11/h11,15H,5-10H2,1-4H3. The summed E-state index contributed by atoms with van der Waals surface area (Å²) in [5.74, 6) is 0.833. The molecule has 0 saturated heterocycles. The van der Waals surface area contributed by atoms with Gasteiger partial charge >= 0.3 is 0 Å². The summed E-state index contributed by atoms with van der Waals surface area (Å²) < 4.78 is 0. The average Bonchev–Trinajstić information content (AvgIpc) is 2.59. The van der Waals surface area contributed by atoms with Crippen LogP contribution in [0.3, 0.4) is 0 Å². The summed E-state index contributed by atoms with van der Waals surface area (Å²) in [6, 6.07) is 0. The van der Waals surface area contributed by atoms with Gasteiger partial charge in [-0.3, -0.25) is 0 Å². The minimum atomic E-state index is -0.369. The van der Waals surface area contributed by atoms with Gasteiger partial charge in [-0.2, -0.15) is 0 Å². The third-order valence-electron chi connectivity index (χ3n) is 3.94. The van der Waals surface area contributed by atoms with Gasteiger partial charge in [-0.1, -0.05) is 40.5 Å². The molecule has 0 unspecified atom stereocenters. The Morgan fingerprint density at radius 2 is 1.40 bits per heavy atom. The third kappa shape index (κ3) is 2.96.